The van der Waals surface area contributed by atoms with Crippen LogP contribution in [0.15, 0.2) is 60.8 Å². The Bertz CT molecular complexity index is 818. The van der Waals surface area contributed by atoms with Crippen molar-refractivity contribution < 1.29 is 9.13 Å². The van der Waals surface area contributed by atoms with Gasteiger partial charge >= 0.3 is 0 Å². The van der Waals surface area contributed by atoms with Crippen LogP contribution in [-0.2, 0) is 6.54 Å². The molecule has 1 saturated heterocycles. The fourth-order valence-electron chi connectivity index (χ4n) is 4.09. The van der Waals surface area contributed by atoms with Crippen LogP contribution in [0.25, 0.3) is 0 Å². The van der Waals surface area contributed by atoms with E-state index in [2.05, 4.69) is 16.4 Å². The van der Waals surface area contributed by atoms with Crippen molar-refractivity contribution in [2.24, 2.45) is 0 Å². The van der Waals surface area contributed by atoms with Crippen LogP contribution in [0.5, 0.6) is 5.75 Å². The summed E-state index contributed by atoms with van der Waals surface area (Å²) < 4.78 is 19.1. The summed E-state index contributed by atoms with van der Waals surface area (Å²) in [6.45, 7) is 8.74. The van der Waals surface area contributed by atoms with Crippen molar-refractivity contribution in [3.05, 3.63) is 77.2 Å². The zero-order valence-electron chi connectivity index (χ0n) is 16.0. The molecule has 3 nitrogen and oxygen atoms in total. The lowest BCUT2D eigenvalue weighted by molar-refractivity contribution is 0.173. The summed E-state index contributed by atoms with van der Waals surface area (Å²) in [6, 6.07) is 14.3. The van der Waals surface area contributed by atoms with E-state index in [1.165, 1.54) is 12.8 Å². The van der Waals surface area contributed by atoms with Gasteiger partial charge in [0.1, 0.15) is 18.2 Å². The molecule has 0 aromatic heterocycles. The zero-order valence-corrected chi connectivity index (χ0v) is 16.8. The van der Waals surface area contributed by atoms with Gasteiger partial charge in [-0.3, -0.25) is 4.90 Å². The van der Waals surface area contributed by atoms with Crippen LogP contribution in [0.1, 0.15) is 24.8 Å². The van der Waals surface area contributed by atoms with Gasteiger partial charge < -0.3 is 9.64 Å². The molecule has 28 heavy (non-hydrogen) atoms. The van der Waals surface area contributed by atoms with E-state index in [0.717, 1.165) is 49.6 Å². The molecule has 2 aliphatic rings. The second-order valence-corrected chi connectivity index (χ2v) is 8.31. The van der Waals surface area contributed by atoms with Crippen molar-refractivity contribution in [2.75, 3.05) is 26.2 Å². The Hall–Kier alpha value is -2.04. The quantitative estimate of drug-likeness (QED) is 0.670. The predicted molar refractivity (Wildman–Crippen MR) is 111 cm³/mol. The van der Waals surface area contributed by atoms with E-state index < -0.39 is 0 Å². The molecule has 0 N–H and O–H groups in total. The molecule has 0 bridgehead atoms. The number of halogens is 2. The minimum atomic E-state index is -0.179. The normalized spacial score (nSPS) is 18.7. The first-order valence-electron chi connectivity index (χ1n) is 9.85. The number of hydrogen-bond donors (Lipinski definition) is 0. The van der Waals surface area contributed by atoms with Gasteiger partial charge in [-0.1, -0.05) is 30.3 Å². The third kappa shape index (κ3) is 4.50. The Labute approximate surface area is 171 Å². The molecular weight excluding hydrogens is 375 g/mol. The Kier molecular flexibility index (Phi) is 5.61. The summed E-state index contributed by atoms with van der Waals surface area (Å²) in [6.07, 6.45) is 3.46. The van der Waals surface area contributed by atoms with E-state index in [4.69, 9.17) is 16.3 Å². The third-order valence-electron chi connectivity index (χ3n) is 5.69. The van der Waals surface area contributed by atoms with Gasteiger partial charge in [0.25, 0.3) is 0 Å². The van der Waals surface area contributed by atoms with Gasteiger partial charge in [-0.15, -0.1) is 0 Å². The Morgan fingerprint density at radius 3 is 2.46 bits per heavy atom. The van der Waals surface area contributed by atoms with Gasteiger partial charge in [-0.2, -0.15) is 0 Å². The Morgan fingerprint density at radius 1 is 1.07 bits per heavy atom. The van der Waals surface area contributed by atoms with Gasteiger partial charge in [-0.05, 0) is 61.2 Å². The van der Waals surface area contributed by atoms with Crippen molar-refractivity contribution in [2.45, 2.75) is 31.3 Å². The number of rotatable bonds is 6. The van der Waals surface area contributed by atoms with Crippen LogP contribution in [0.2, 0.25) is 5.02 Å². The zero-order chi connectivity index (χ0) is 19.6. The van der Waals surface area contributed by atoms with Gasteiger partial charge in [0, 0.05) is 36.9 Å². The molecule has 4 rings (SSSR count). The minimum absolute atomic E-state index is 0.178. The first-order valence-corrected chi connectivity index (χ1v) is 10.2. The molecule has 1 saturated carbocycles. The topological polar surface area (TPSA) is 15.7 Å². The minimum Gasteiger partial charge on any atom is -0.487 e. The highest BCUT2D eigenvalue weighted by atomic mass is 35.5. The fraction of sp³-hybridized carbons (Fsp3) is 0.391. The van der Waals surface area contributed by atoms with E-state index in [0.29, 0.717) is 11.6 Å². The molecule has 2 aromatic rings. The highest BCUT2D eigenvalue weighted by Crippen LogP contribution is 2.45. The Morgan fingerprint density at radius 2 is 1.79 bits per heavy atom. The molecule has 0 amide bonds. The highest BCUT2D eigenvalue weighted by Gasteiger charge is 2.50. The van der Waals surface area contributed by atoms with E-state index >= 15 is 0 Å². The smallest absolute Gasteiger partial charge is 0.127 e. The lowest BCUT2D eigenvalue weighted by atomic mass is 10.1. The summed E-state index contributed by atoms with van der Waals surface area (Å²) in [5.74, 6) is 0.629. The second-order valence-electron chi connectivity index (χ2n) is 7.88. The molecule has 1 spiro atoms. The van der Waals surface area contributed by atoms with Gasteiger partial charge in [0.05, 0.1) is 5.54 Å². The standard InChI is InChI=1S/C23H26ClFN2O/c1-18(16-28-22-9-5-20(24)6-10-22)27-14-2-13-26(17-23(27)11-12-23)15-19-3-7-21(25)8-4-19/h3-10H,1-2,11-17H2. The van der Waals surface area contributed by atoms with E-state index in [-0.39, 0.29) is 11.4 Å². The molecule has 1 heterocycles. The summed E-state index contributed by atoms with van der Waals surface area (Å²) in [4.78, 5) is 4.96. The average Bonchev–Trinajstić information content (AvgIpc) is 3.49. The van der Waals surface area contributed by atoms with Crippen LogP contribution in [0, 0.1) is 5.82 Å². The molecule has 5 heteroatoms. The SMILES string of the molecule is C=C(COc1ccc(Cl)cc1)N1CCCN(Cc2ccc(F)cc2)CC12CC2. The lowest BCUT2D eigenvalue weighted by Gasteiger charge is -2.35. The Balaban J connectivity index is 1.37. The molecule has 2 aromatic carbocycles. The van der Waals surface area contributed by atoms with Crippen molar-refractivity contribution in [3.63, 3.8) is 0 Å². The molecular formula is C23H26ClFN2O. The predicted octanol–water partition coefficient (Wildman–Crippen LogP) is 5.11. The van der Waals surface area contributed by atoms with E-state index in [1.54, 1.807) is 12.1 Å². The highest BCUT2D eigenvalue weighted by molar-refractivity contribution is 6.30. The van der Waals surface area contributed by atoms with Crippen molar-refractivity contribution in [1.82, 2.24) is 9.80 Å². The maximum atomic E-state index is 13.2. The van der Waals surface area contributed by atoms with Crippen LogP contribution in [0.4, 0.5) is 4.39 Å². The maximum absolute atomic E-state index is 13.2. The fourth-order valence-corrected chi connectivity index (χ4v) is 4.22. The van der Waals surface area contributed by atoms with Gasteiger partial charge in [0.2, 0.25) is 0 Å². The van der Waals surface area contributed by atoms with Crippen molar-refractivity contribution >= 4 is 11.6 Å². The molecule has 0 unspecified atom stereocenters. The molecule has 1 aliphatic carbocycles. The first kappa shape index (κ1) is 19.3. The maximum Gasteiger partial charge on any atom is 0.127 e. The van der Waals surface area contributed by atoms with Crippen LogP contribution in [0.3, 0.4) is 0 Å². The van der Waals surface area contributed by atoms with Crippen LogP contribution >= 0.6 is 11.6 Å². The molecule has 2 fully saturated rings. The average molecular weight is 401 g/mol. The largest absolute Gasteiger partial charge is 0.487 e. The van der Waals surface area contributed by atoms with Crippen LogP contribution in [-0.4, -0.2) is 41.6 Å². The van der Waals surface area contributed by atoms with Crippen LogP contribution < -0.4 is 4.74 Å². The monoisotopic (exact) mass is 400 g/mol. The number of ether oxygens (including phenoxy) is 1. The van der Waals surface area contributed by atoms with E-state index in [1.807, 2.05) is 36.4 Å². The molecule has 0 radical (unpaired) electrons. The van der Waals surface area contributed by atoms with Gasteiger partial charge in [-0.25, -0.2) is 4.39 Å². The molecule has 0 atom stereocenters. The number of nitrogens with zero attached hydrogens (tertiary/aromatic N) is 2. The number of benzene rings is 2. The lowest BCUT2D eigenvalue weighted by Crippen LogP contribution is -2.43. The number of hydrogen-bond acceptors (Lipinski definition) is 3. The van der Waals surface area contributed by atoms with E-state index in [9.17, 15) is 4.39 Å². The summed E-state index contributed by atoms with van der Waals surface area (Å²) in [7, 11) is 0. The summed E-state index contributed by atoms with van der Waals surface area (Å²) in [5, 5.41) is 0.705. The van der Waals surface area contributed by atoms with Gasteiger partial charge in [0.15, 0.2) is 0 Å². The summed E-state index contributed by atoms with van der Waals surface area (Å²) in [5.41, 5.74) is 2.38. The second kappa shape index (κ2) is 8.14. The summed E-state index contributed by atoms with van der Waals surface area (Å²) >= 11 is 5.93. The first-order chi connectivity index (χ1) is 13.5. The van der Waals surface area contributed by atoms with Crippen molar-refractivity contribution in [3.8, 4) is 5.75 Å². The molecule has 1 aliphatic heterocycles. The molecule has 148 valence electrons. The van der Waals surface area contributed by atoms with Crippen molar-refractivity contribution in [1.29, 1.82) is 0 Å². The third-order valence-corrected chi connectivity index (χ3v) is 5.95.